The Hall–Kier alpha value is -0.670. The predicted octanol–water partition coefficient (Wildman–Crippen LogP) is 3.12. The molecule has 2 nitrogen and oxygen atoms in total. The molecule has 16 heavy (non-hydrogen) atoms. The fraction of sp³-hybridized carbons (Fsp3) is 0.462. The third-order valence-corrected chi connectivity index (χ3v) is 3.79. The van der Waals surface area contributed by atoms with Gasteiger partial charge < -0.3 is 0 Å². The largest absolute Gasteiger partial charge is 0.296 e. The molecular weight excluding hydrogens is 266 g/mol. The van der Waals surface area contributed by atoms with Gasteiger partial charge in [-0.05, 0) is 32.0 Å². The SMILES string of the molecule is CN(CC(=O)c1ccc(Br)cc1)C1CCC1. The first-order chi connectivity index (χ1) is 7.66. The average Bonchev–Trinajstić information content (AvgIpc) is 2.15. The Morgan fingerprint density at radius 2 is 2.00 bits per heavy atom. The highest BCUT2D eigenvalue weighted by molar-refractivity contribution is 9.10. The second-order valence-corrected chi connectivity index (χ2v) is 5.35. The van der Waals surface area contributed by atoms with Crippen LogP contribution in [0.4, 0.5) is 0 Å². The number of carbonyl (C=O) groups is 1. The average molecular weight is 282 g/mol. The van der Waals surface area contributed by atoms with E-state index in [2.05, 4.69) is 20.8 Å². The van der Waals surface area contributed by atoms with Crippen molar-refractivity contribution in [1.82, 2.24) is 4.90 Å². The van der Waals surface area contributed by atoms with Gasteiger partial charge in [-0.15, -0.1) is 0 Å². The maximum Gasteiger partial charge on any atom is 0.176 e. The summed E-state index contributed by atoms with van der Waals surface area (Å²) in [5, 5.41) is 0. The van der Waals surface area contributed by atoms with Crippen molar-refractivity contribution in [3.63, 3.8) is 0 Å². The van der Waals surface area contributed by atoms with Gasteiger partial charge in [-0.25, -0.2) is 0 Å². The van der Waals surface area contributed by atoms with Gasteiger partial charge in [0.15, 0.2) is 5.78 Å². The van der Waals surface area contributed by atoms with Gasteiger partial charge >= 0.3 is 0 Å². The van der Waals surface area contributed by atoms with Gasteiger partial charge in [0.1, 0.15) is 0 Å². The molecule has 0 heterocycles. The van der Waals surface area contributed by atoms with Crippen LogP contribution in [0.5, 0.6) is 0 Å². The molecule has 0 unspecified atom stereocenters. The van der Waals surface area contributed by atoms with Gasteiger partial charge in [-0.2, -0.15) is 0 Å². The van der Waals surface area contributed by atoms with Gasteiger partial charge in [0.25, 0.3) is 0 Å². The minimum atomic E-state index is 0.210. The first kappa shape index (κ1) is 11.8. The molecule has 1 aliphatic carbocycles. The Labute approximate surface area is 105 Å². The zero-order chi connectivity index (χ0) is 11.5. The summed E-state index contributed by atoms with van der Waals surface area (Å²) in [4.78, 5) is 14.1. The zero-order valence-electron chi connectivity index (χ0n) is 9.45. The van der Waals surface area contributed by atoms with E-state index in [0.29, 0.717) is 12.6 Å². The van der Waals surface area contributed by atoms with Gasteiger partial charge in [0.2, 0.25) is 0 Å². The molecule has 1 aliphatic rings. The van der Waals surface area contributed by atoms with E-state index in [1.54, 1.807) is 0 Å². The van der Waals surface area contributed by atoms with Crippen LogP contribution in [0, 0.1) is 0 Å². The molecule has 0 aliphatic heterocycles. The fourth-order valence-corrected chi connectivity index (χ4v) is 2.17. The maximum absolute atomic E-state index is 12.0. The van der Waals surface area contributed by atoms with Crippen molar-refractivity contribution in [2.24, 2.45) is 0 Å². The second-order valence-electron chi connectivity index (χ2n) is 4.43. The topological polar surface area (TPSA) is 20.3 Å². The van der Waals surface area contributed by atoms with Gasteiger partial charge in [0, 0.05) is 16.1 Å². The molecule has 0 spiro atoms. The first-order valence-electron chi connectivity index (χ1n) is 5.66. The Balaban J connectivity index is 1.94. The molecule has 2 rings (SSSR count). The summed E-state index contributed by atoms with van der Waals surface area (Å²) in [6.45, 7) is 0.534. The first-order valence-corrected chi connectivity index (χ1v) is 6.45. The van der Waals surface area contributed by atoms with Crippen LogP contribution in [-0.4, -0.2) is 30.3 Å². The molecule has 0 N–H and O–H groups in total. The summed E-state index contributed by atoms with van der Waals surface area (Å²) in [5.74, 6) is 0.210. The highest BCUT2D eigenvalue weighted by atomic mass is 79.9. The van der Waals surface area contributed by atoms with Gasteiger partial charge in [0.05, 0.1) is 6.54 Å². The molecule has 1 saturated carbocycles. The zero-order valence-corrected chi connectivity index (χ0v) is 11.0. The lowest BCUT2D eigenvalue weighted by molar-refractivity contribution is 0.0870. The number of likely N-dealkylation sites (N-methyl/N-ethyl adjacent to an activating group) is 1. The quantitative estimate of drug-likeness (QED) is 0.791. The lowest BCUT2D eigenvalue weighted by Crippen LogP contribution is -2.40. The van der Waals surface area contributed by atoms with Gasteiger partial charge in [-0.1, -0.05) is 34.5 Å². The minimum Gasteiger partial charge on any atom is -0.296 e. The van der Waals surface area contributed by atoms with Crippen LogP contribution in [0.15, 0.2) is 28.7 Å². The van der Waals surface area contributed by atoms with Crippen LogP contribution in [-0.2, 0) is 0 Å². The van der Waals surface area contributed by atoms with Gasteiger partial charge in [-0.3, -0.25) is 9.69 Å². The summed E-state index contributed by atoms with van der Waals surface area (Å²) in [7, 11) is 2.04. The Morgan fingerprint density at radius 3 is 2.50 bits per heavy atom. The number of nitrogens with zero attached hydrogens (tertiary/aromatic N) is 1. The van der Waals surface area contributed by atoms with E-state index < -0.39 is 0 Å². The van der Waals surface area contributed by atoms with Crippen LogP contribution in [0.25, 0.3) is 0 Å². The van der Waals surface area contributed by atoms with E-state index in [1.807, 2.05) is 31.3 Å². The fourth-order valence-electron chi connectivity index (χ4n) is 1.91. The molecule has 0 atom stereocenters. The summed E-state index contributed by atoms with van der Waals surface area (Å²) in [6.07, 6.45) is 3.79. The second kappa shape index (κ2) is 5.11. The molecule has 0 bridgehead atoms. The molecule has 3 heteroatoms. The van der Waals surface area contributed by atoms with Crippen LogP contribution in [0.3, 0.4) is 0 Å². The lowest BCUT2D eigenvalue weighted by atomic mass is 9.91. The smallest absolute Gasteiger partial charge is 0.176 e. The Bertz CT molecular complexity index is 370. The van der Waals surface area contributed by atoms with Crippen molar-refractivity contribution in [2.75, 3.05) is 13.6 Å². The van der Waals surface area contributed by atoms with Crippen molar-refractivity contribution in [3.05, 3.63) is 34.3 Å². The van der Waals surface area contributed by atoms with Crippen LogP contribution in [0.2, 0.25) is 0 Å². The molecule has 1 fully saturated rings. The molecule has 0 radical (unpaired) electrons. The number of Topliss-reactive ketones (excluding diaryl/α,β-unsaturated/α-hetero) is 1. The number of hydrogen-bond donors (Lipinski definition) is 0. The third-order valence-electron chi connectivity index (χ3n) is 3.26. The van der Waals surface area contributed by atoms with E-state index in [0.717, 1.165) is 10.0 Å². The minimum absolute atomic E-state index is 0.210. The number of halogens is 1. The van der Waals surface area contributed by atoms with Crippen molar-refractivity contribution in [3.8, 4) is 0 Å². The summed E-state index contributed by atoms with van der Waals surface area (Å²) in [5.41, 5.74) is 0.800. The maximum atomic E-state index is 12.0. The highest BCUT2D eigenvalue weighted by Crippen LogP contribution is 2.23. The standard InChI is InChI=1S/C13H16BrNO/c1-15(12-3-2-4-12)9-13(16)10-5-7-11(14)8-6-10/h5-8,12H,2-4,9H2,1H3. The predicted molar refractivity (Wildman–Crippen MR) is 68.7 cm³/mol. The van der Waals surface area contributed by atoms with Crippen molar-refractivity contribution in [2.45, 2.75) is 25.3 Å². The molecule has 0 saturated heterocycles. The summed E-state index contributed by atoms with van der Waals surface area (Å²) >= 11 is 3.37. The number of hydrogen-bond acceptors (Lipinski definition) is 2. The van der Waals surface area contributed by atoms with Crippen LogP contribution in [0.1, 0.15) is 29.6 Å². The molecular formula is C13H16BrNO. The molecule has 0 amide bonds. The molecule has 1 aromatic rings. The molecule has 86 valence electrons. The molecule has 1 aromatic carbocycles. The monoisotopic (exact) mass is 281 g/mol. The van der Waals surface area contributed by atoms with E-state index in [4.69, 9.17) is 0 Å². The third kappa shape index (κ3) is 2.71. The van der Waals surface area contributed by atoms with Crippen molar-refractivity contribution >= 4 is 21.7 Å². The Kier molecular flexibility index (Phi) is 3.77. The van der Waals surface area contributed by atoms with E-state index >= 15 is 0 Å². The highest BCUT2D eigenvalue weighted by Gasteiger charge is 2.23. The number of benzene rings is 1. The normalized spacial score (nSPS) is 16.2. The van der Waals surface area contributed by atoms with E-state index in [1.165, 1.54) is 19.3 Å². The van der Waals surface area contributed by atoms with E-state index in [9.17, 15) is 4.79 Å². The van der Waals surface area contributed by atoms with Crippen molar-refractivity contribution < 1.29 is 4.79 Å². The number of rotatable bonds is 4. The van der Waals surface area contributed by atoms with Crippen LogP contribution >= 0.6 is 15.9 Å². The van der Waals surface area contributed by atoms with Crippen LogP contribution < -0.4 is 0 Å². The lowest BCUT2D eigenvalue weighted by Gasteiger charge is -2.34. The number of ketones is 1. The summed E-state index contributed by atoms with van der Waals surface area (Å²) < 4.78 is 1.01. The number of carbonyl (C=O) groups excluding carboxylic acids is 1. The summed E-state index contributed by atoms with van der Waals surface area (Å²) in [6, 6.07) is 8.20. The van der Waals surface area contributed by atoms with Crippen molar-refractivity contribution in [1.29, 1.82) is 0 Å². The molecule has 0 aromatic heterocycles. The Morgan fingerprint density at radius 1 is 1.38 bits per heavy atom. The van der Waals surface area contributed by atoms with E-state index in [-0.39, 0.29) is 5.78 Å².